The zero-order chi connectivity index (χ0) is 18.9. The van der Waals surface area contributed by atoms with E-state index in [-0.39, 0.29) is 6.10 Å². The molecular formula is C22H42NO3. The van der Waals surface area contributed by atoms with Gasteiger partial charge in [-0.1, -0.05) is 90.4 Å². The molecule has 0 bridgehead atoms. The molecule has 0 aromatic rings. The lowest BCUT2D eigenvalue weighted by molar-refractivity contribution is 0.0263. The zero-order valence-corrected chi connectivity index (χ0v) is 17.3. The first kappa shape index (κ1) is 23.3. The smallest absolute Gasteiger partial charge is 0.434 e. The fraction of sp³-hybridized carbons (Fsp3) is 0.909. The van der Waals surface area contributed by atoms with Crippen molar-refractivity contribution in [2.45, 2.75) is 109 Å². The second kappa shape index (κ2) is 16.4. The van der Waals surface area contributed by atoms with Gasteiger partial charge in [0, 0.05) is 19.5 Å². The number of likely N-dealkylation sites (tertiary alicyclic amines) is 1. The van der Waals surface area contributed by atoms with Gasteiger partial charge in [0.15, 0.2) is 0 Å². The summed E-state index contributed by atoms with van der Waals surface area (Å²) >= 11 is 0. The summed E-state index contributed by atoms with van der Waals surface area (Å²) in [6.07, 6.45) is 18.9. The monoisotopic (exact) mass is 368 g/mol. The Kier molecular flexibility index (Phi) is 14.7. The van der Waals surface area contributed by atoms with Crippen LogP contribution in [0.1, 0.15) is 103 Å². The van der Waals surface area contributed by atoms with Crippen LogP contribution in [0.4, 0.5) is 4.79 Å². The van der Waals surface area contributed by atoms with Crippen molar-refractivity contribution in [1.29, 1.82) is 0 Å². The van der Waals surface area contributed by atoms with Gasteiger partial charge in [-0.15, -0.1) is 0 Å². The van der Waals surface area contributed by atoms with Gasteiger partial charge >= 0.3 is 6.16 Å². The number of hydrogen-bond donors (Lipinski definition) is 0. The molecule has 1 heterocycles. The average molecular weight is 369 g/mol. The van der Waals surface area contributed by atoms with Gasteiger partial charge in [0.05, 0.1) is 6.61 Å². The van der Waals surface area contributed by atoms with Gasteiger partial charge in [-0.05, 0) is 13.5 Å². The Labute approximate surface area is 162 Å². The number of carbonyl (C=O) groups is 1. The summed E-state index contributed by atoms with van der Waals surface area (Å²) in [6.45, 7) is 5.58. The summed E-state index contributed by atoms with van der Waals surface area (Å²) in [4.78, 5) is 13.6. The van der Waals surface area contributed by atoms with Crippen molar-refractivity contribution < 1.29 is 14.3 Å². The third-order valence-corrected chi connectivity index (χ3v) is 5.15. The molecule has 0 aromatic heterocycles. The van der Waals surface area contributed by atoms with E-state index in [9.17, 15) is 4.79 Å². The summed E-state index contributed by atoms with van der Waals surface area (Å²) in [5.74, 6) is 0. The van der Waals surface area contributed by atoms with Crippen LogP contribution in [0.3, 0.4) is 0 Å². The third-order valence-electron chi connectivity index (χ3n) is 5.15. The van der Waals surface area contributed by atoms with Gasteiger partial charge in [-0.25, -0.2) is 4.79 Å². The molecule has 26 heavy (non-hydrogen) atoms. The number of rotatable bonds is 16. The molecule has 4 nitrogen and oxygen atoms in total. The minimum Gasteiger partial charge on any atom is -0.434 e. The van der Waals surface area contributed by atoms with Crippen LogP contribution in [-0.2, 0) is 9.47 Å². The highest BCUT2D eigenvalue weighted by atomic mass is 16.7. The standard InChI is InChI=1S/C22H42NO3/c1-3-4-5-6-7-8-9-10-11-12-13-14-15-16-19-25-22(24)26-21-17-18-23(2)20-21/h18,21H,3-17,19-20H2,1-2H3. The second-order valence-electron chi connectivity index (χ2n) is 7.79. The molecule has 1 unspecified atom stereocenters. The van der Waals surface area contributed by atoms with E-state index < -0.39 is 6.16 Å². The Hall–Kier alpha value is -0.770. The van der Waals surface area contributed by atoms with Gasteiger partial charge in [0.25, 0.3) is 0 Å². The average Bonchev–Trinajstić information content (AvgIpc) is 3.03. The van der Waals surface area contributed by atoms with E-state index in [1.54, 1.807) is 0 Å². The molecule has 1 aliphatic rings. The van der Waals surface area contributed by atoms with Gasteiger partial charge in [-0.3, -0.25) is 4.90 Å². The van der Waals surface area contributed by atoms with Crippen molar-refractivity contribution in [2.75, 3.05) is 20.2 Å². The van der Waals surface area contributed by atoms with Crippen molar-refractivity contribution in [2.24, 2.45) is 0 Å². The first-order valence-electron chi connectivity index (χ1n) is 11.1. The van der Waals surface area contributed by atoms with Crippen molar-refractivity contribution in [1.82, 2.24) is 4.90 Å². The third kappa shape index (κ3) is 13.4. The van der Waals surface area contributed by atoms with E-state index in [4.69, 9.17) is 9.47 Å². The van der Waals surface area contributed by atoms with Gasteiger partial charge in [-0.2, -0.15) is 0 Å². The van der Waals surface area contributed by atoms with E-state index >= 15 is 0 Å². The number of ether oxygens (including phenoxy) is 2. The number of likely N-dealkylation sites (N-methyl/N-ethyl adjacent to an activating group) is 1. The Morgan fingerprint density at radius 2 is 1.38 bits per heavy atom. The van der Waals surface area contributed by atoms with E-state index in [2.05, 4.69) is 6.92 Å². The molecule has 0 saturated carbocycles. The molecule has 0 aromatic carbocycles. The summed E-state index contributed by atoms with van der Waals surface area (Å²) in [5, 5.41) is 0. The molecule has 1 aliphatic heterocycles. The predicted octanol–water partition coefficient (Wildman–Crippen LogP) is 6.49. The van der Waals surface area contributed by atoms with Crippen LogP contribution in [0.5, 0.6) is 0 Å². The second-order valence-corrected chi connectivity index (χ2v) is 7.79. The van der Waals surface area contributed by atoms with Crippen LogP contribution in [0.2, 0.25) is 0 Å². The highest BCUT2D eigenvalue weighted by Crippen LogP contribution is 2.15. The summed E-state index contributed by atoms with van der Waals surface area (Å²) in [7, 11) is 1.99. The molecule has 1 rings (SSSR count). The molecule has 4 heteroatoms. The lowest BCUT2D eigenvalue weighted by atomic mass is 10.0. The van der Waals surface area contributed by atoms with E-state index in [0.29, 0.717) is 6.61 Å². The minimum absolute atomic E-state index is 0.0381. The molecule has 1 radical (unpaired) electrons. The number of hydrogen-bond acceptors (Lipinski definition) is 4. The Morgan fingerprint density at radius 3 is 1.85 bits per heavy atom. The van der Waals surface area contributed by atoms with Gasteiger partial charge in [0.2, 0.25) is 0 Å². The molecule has 0 N–H and O–H groups in total. The lowest BCUT2D eigenvalue weighted by Crippen LogP contribution is -2.22. The zero-order valence-electron chi connectivity index (χ0n) is 17.3. The Bertz CT molecular complexity index is 335. The highest BCUT2D eigenvalue weighted by molar-refractivity contribution is 5.60. The maximum Gasteiger partial charge on any atom is 0.508 e. The van der Waals surface area contributed by atoms with Crippen molar-refractivity contribution in [3.8, 4) is 0 Å². The largest absolute Gasteiger partial charge is 0.508 e. The number of nitrogens with zero attached hydrogens (tertiary/aromatic N) is 1. The van der Waals surface area contributed by atoms with Gasteiger partial charge < -0.3 is 9.47 Å². The molecule has 1 fully saturated rings. The molecule has 1 atom stereocenters. The van der Waals surface area contributed by atoms with Gasteiger partial charge in [0.1, 0.15) is 6.10 Å². The molecule has 0 aliphatic carbocycles. The molecule has 0 spiro atoms. The summed E-state index contributed by atoms with van der Waals surface area (Å²) in [5.41, 5.74) is 0. The van der Waals surface area contributed by atoms with E-state index in [0.717, 1.165) is 25.8 Å². The van der Waals surface area contributed by atoms with E-state index in [1.165, 1.54) is 77.0 Å². The summed E-state index contributed by atoms with van der Waals surface area (Å²) in [6, 6.07) is 0. The highest BCUT2D eigenvalue weighted by Gasteiger charge is 2.23. The Morgan fingerprint density at radius 1 is 0.885 bits per heavy atom. The summed E-state index contributed by atoms with van der Waals surface area (Å²) < 4.78 is 10.4. The lowest BCUT2D eigenvalue weighted by Gasteiger charge is -2.12. The van der Waals surface area contributed by atoms with Crippen LogP contribution in [-0.4, -0.2) is 37.4 Å². The SMILES string of the molecule is CCCCCCCCCCCCCCCCOC(=O)OC1C[CH]N(C)C1. The first-order chi connectivity index (χ1) is 12.7. The minimum atomic E-state index is -0.506. The predicted molar refractivity (Wildman–Crippen MR) is 108 cm³/mol. The number of carbonyl (C=O) groups excluding carboxylic acids is 1. The first-order valence-corrected chi connectivity index (χ1v) is 11.1. The Balaban J connectivity index is 1.73. The van der Waals surface area contributed by atoms with Crippen molar-refractivity contribution >= 4 is 6.16 Å². The van der Waals surface area contributed by atoms with Crippen LogP contribution < -0.4 is 0 Å². The van der Waals surface area contributed by atoms with Crippen molar-refractivity contribution in [3.05, 3.63) is 6.54 Å². The fourth-order valence-corrected chi connectivity index (χ4v) is 3.48. The molecule has 0 amide bonds. The van der Waals surface area contributed by atoms with Crippen LogP contribution >= 0.6 is 0 Å². The van der Waals surface area contributed by atoms with E-state index in [1.807, 2.05) is 18.5 Å². The van der Waals surface area contributed by atoms with Crippen LogP contribution in [0.25, 0.3) is 0 Å². The fourth-order valence-electron chi connectivity index (χ4n) is 3.48. The molecule has 1 saturated heterocycles. The van der Waals surface area contributed by atoms with Crippen molar-refractivity contribution in [3.63, 3.8) is 0 Å². The molecular weight excluding hydrogens is 326 g/mol. The van der Waals surface area contributed by atoms with Crippen LogP contribution in [0, 0.1) is 6.54 Å². The maximum absolute atomic E-state index is 11.6. The normalized spacial score (nSPS) is 17.5. The number of unbranched alkanes of at least 4 members (excludes halogenated alkanes) is 13. The maximum atomic E-state index is 11.6. The quantitative estimate of drug-likeness (QED) is 0.231. The molecule has 153 valence electrons. The van der Waals surface area contributed by atoms with Crippen LogP contribution in [0.15, 0.2) is 0 Å². The topological polar surface area (TPSA) is 38.8 Å².